The maximum atomic E-state index is 12.7. The molecule has 0 fully saturated rings. The highest BCUT2D eigenvalue weighted by atomic mass is 32.1. The predicted octanol–water partition coefficient (Wildman–Crippen LogP) is 4.41. The van der Waals surface area contributed by atoms with Crippen molar-refractivity contribution in [3.63, 3.8) is 0 Å². The lowest BCUT2D eigenvalue weighted by Crippen LogP contribution is -2.23. The third-order valence-corrected chi connectivity index (χ3v) is 5.68. The number of nitrogens with two attached hydrogens (primary N) is 1. The van der Waals surface area contributed by atoms with Gasteiger partial charge in [-0.2, -0.15) is 0 Å². The number of aromatic nitrogens is 1. The Hall–Kier alpha value is -2.64. The molecule has 3 rings (SSSR count). The first-order valence-corrected chi connectivity index (χ1v) is 9.64. The molecule has 0 atom stereocenters. The molecule has 0 saturated heterocycles. The van der Waals surface area contributed by atoms with Gasteiger partial charge in [0.1, 0.15) is 16.4 Å². The van der Waals surface area contributed by atoms with Crippen LogP contribution in [0.2, 0.25) is 0 Å². The number of rotatable bonds is 5. The zero-order valence-corrected chi connectivity index (χ0v) is 17.0. The molecule has 27 heavy (non-hydrogen) atoms. The van der Waals surface area contributed by atoms with E-state index in [-0.39, 0.29) is 5.91 Å². The molecule has 3 N–H and O–H groups in total. The maximum absolute atomic E-state index is 12.7. The number of nitrogens with one attached hydrogen (secondary N) is 1. The summed E-state index contributed by atoms with van der Waals surface area (Å²) in [6.07, 6.45) is 0. The second-order valence-electron chi connectivity index (χ2n) is 6.20. The second-order valence-corrected chi connectivity index (χ2v) is 7.85. The van der Waals surface area contributed by atoms with Crippen LogP contribution in [-0.2, 0) is 6.54 Å². The van der Waals surface area contributed by atoms with Gasteiger partial charge in [0.05, 0.1) is 12.8 Å². The van der Waals surface area contributed by atoms with E-state index in [4.69, 9.17) is 22.7 Å². The quantitative estimate of drug-likeness (QED) is 0.624. The first-order chi connectivity index (χ1) is 12.9. The number of para-hydroxylation sites is 1. The van der Waals surface area contributed by atoms with E-state index in [2.05, 4.69) is 5.32 Å². The second kappa shape index (κ2) is 7.94. The van der Waals surface area contributed by atoms with Gasteiger partial charge in [-0.25, -0.2) is 0 Å². The van der Waals surface area contributed by atoms with Crippen molar-refractivity contribution < 1.29 is 9.53 Å². The van der Waals surface area contributed by atoms with Crippen molar-refractivity contribution in [3.8, 4) is 11.4 Å². The fourth-order valence-electron chi connectivity index (χ4n) is 2.84. The normalized spacial score (nSPS) is 10.6. The molecule has 1 amide bonds. The smallest absolute Gasteiger partial charge is 0.265 e. The Kier molecular flexibility index (Phi) is 5.62. The lowest BCUT2D eigenvalue weighted by molar-refractivity contribution is 0.0955. The average molecular weight is 400 g/mol. The van der Waals surface area contributed by atoms with E-state index < -0.39 is 0 Å². The molecular formula is C20H21N3O2S2. The van der Waals surface area contributed by atoms with E-state index in [1.54, 1.807) is 11.7 Å². The fourth-order valence-corrected chi connectivity index (χ4v) is 4.11. The lowest BCUT2D eigenvalue weighted by Gasteiger charge is -2.11. The van der Waals surface area contributed by atoms with Crippen LogP contribution in [0.3, 0.4) is 0 Å². The van der Waals surface area contributed by atoms with Gasteiger partial charge in [-0.15, -0.1) is 0 Å². The van der Waals surface area contributed by atoms with Gasteiger partial charge in [0.15, 0.2) is 3.95 Å². The summed E-state index contributed by atoms with van der Waals surface area (Å²) in [5.41, 5.74) is 10.2. The Morgan fingerprint density at radius 2 is 2.00 bits per heavy atom. The van der Waals surface area contributed by atoms with Crippen molar-refractivity contribution in [1.82, 2.24) is 9.88 Å². The van der Waals surface area contributed by atoms with Crippen LogP contribution >= 0.6 is 23.6 Å². The Balaban J connectivity index is 1.89. The van der Waals surface area contributed by atoms with Crippen LogP contribution in [0.4, 0.5) is 5.82 Å². The van der Waals surface area contributed by atoms with Gasteiger partial charge in [0.2, 0.25) is 0 Å². The molecule has 2 aromatic carbocycles. The minimum Gasteiger partial charge on any atom is -0.496 e. The fraction of sp³-hybridized carbons (Fsp3) is 0.200. The van der Waals surface area contributed by atoms with Crippen molar-refractivity contribution in [1.29, 1.82) is 0 Å². The largest absolute Gasteiger partial charge is 0.496 e. The van der Waals surface area contributed by atoms with Gasteiger partial charge in [-0.05, 0) is 49.3 Å². The molecule has 1 aromatic heterocycles. The van der Waals surface area contributed by atoms with Crippen LogP contribution in [0.15, 0.2) is 42.5 Å². The molecule has 0 bridgehead atoms. The molecular weight excluding hydrogens is 378 g/mol. The molecule has 0 unspecified atom stereocenters. The summed E-state index contributed by atoms with van der Waals surface area (Å²) in [7, 11) is 1.61. The van der Waals surface area contributed by atoms with Gasteiger partial charge in [-0.3, -0.25) is 9.36 Å². The van der Waals surface area contributed by atoms with Crippen molar-refractivity contribution >= 4 is 35.3 Å². The van der Waals surface area contributed by atoms with Crippen molar-refractivity contribution in [2.75, 3.05) is 12.8 Å². The summed E-state index contributed by atoms with van der Waals surface area (Å²) in [6, 6.07) is 13.6. The average Bonchev–Trinajstić information content (AvgIpc) is 2.96. The zero-order chi connectivity index (χ0) is 19.6. The number of hydrogen-bond donors (Lipinski definition) is 2. The number of nitrogens with zero attached hydrogens (tertiary/aromatic N) is 1. The summed E-state index contributed by atoms with van der Waals surface area (Å²) in [5.74, 6) is 0.834. The molecule has 1 heterocycles. The highest BCUT2D eigenvalue weighted by molar-refractivity contribution is 7.73. The van der Waals surface area contributed by atoms with Crippen molar-refractivity contribution in [2.45, 2.75) is 20.4 Å². The number of nitrogen functional groups attached to an aromatic ring is 1. The van der Waals surface area contributed by atoms with Gasteiger partial charge >= 0.3 is 0 Å². The summed E-state index contributed by atoms with van der Waals surface area (Å²) in [4.78, 5) is 13.1. The number of amides is 1. The van der Waals surface area contributed by atoms with Crippen LogP contribution in [0.1, 0.15) is 26.4 Å². The molecule has 5 nitrogen and oxygen atoms in total. The van der Waals surface area contributed by atoms with E-state index in [0.717, 1.165) is 28.1 Å². The molecule has 0 spiro atoms. The summed E-state index contributed by atoms with van der Waals surface area (Å²) in [6.45, 7) is 4.35. The molecule has 0 aliphatic heterocycles. The van der Waals surface area contributed by atoms with E-state index in [9.17, 15) is 4.79 Å². The lowest BCUT2D eigenvalue weighted by atomic mass is 10.1. The molecule has 0 aliphatic rings. The van der Waals surface area contributed by atoms with Crippen LogP contribution in [-0.4, -0.2) is 17.6 Å². The SMILES string of the molecule is COc1ccccc1CNC(=O)c1sc(=S)n(-c2cc(C)ccc2C)c1N. The van der Waals surface area contributed by atoms with E-state index >= 15 is 0 Å². The summed E-state index contributed by atoms with van der Waals surface area (Å²) < 4.78 is 7.63. The Labute approximate surface area is 167 Å². The first kappa shape index (κ1) is 19.1. The van der Waals surface area contributed by atoms with Gasteiger partial charge in [0, 0.05) is 12.1 Å². The number of anilines is 1. The summed E-state index contributed by atoms with van der Waals surface area (Å²) >= 11 is 6.70. The monoisotopic (exact) mass is 399 g/mol. The number of hydrogen-bond acceptors (Lipinski definition) is 5. The first-order valence-electron chi connectivity index (χ1n) is 8.41. The maximum Gasteiger partial charge on any atom is 0.265 e. The third-order valence-electron chi connectivity index (χ3n) is 4.29. The van der Waals surface area contributed by atoms with Gasteiger partial charge in [0.25, 0.3) is 5.91 Å². The Morgan fingerprint density at radius 1 is 1.26 bits per heavy atom. The number of ether oxygens (including phenoxy) is 1. The highest BCUT2D eigenvalue weighted by Gasteiger charge is 2.19. The third kappa shape index (κ3) is 3.89. The number of carbonyl (C=O) groups excluding carboxylic acids is 1. The van der Waals surface area contributed by atoms with Gasteiger partial charge < -0.3 is 15.8 Å². The molecule has 0 saturated carbocycles. The van der Waals surface area contributed by atoms with Crippen LogP contribution in [0.25, 0.3) is 5.69 Å². The number of benzene rings is 2. The van der Waals surface area contributed by atoms with Crippen LogP contribution in [0, 0.1) is 17.8 Å². The van der Waals surface area contributed by atoms with Crippen LogP contribution in [0.5, 0.6) is 5.75 Å². The van der Waals surface area contributed by atoms with Crippen LogP contribution < -0.4 is 15.8 Å². The van der Waals surface area contributed by atoms with Crippen molar-refractivity contribution in [2.24, 2.45) is 0 Å². The highest BCUT2D eigenvalue weighted by Crippen LogP contribution is 2.28. The minimum atomic E-state index is -0.251. The van der Waals surface area contributed by atoms with Crippen molar-refractivity contribution in [3.05, 3.63) is 68.0 Å². The number of methoxy groups -OCH3 is 1. The topological polar surface area (TPSA) is 69.3 Å². The Bertz CT molecular complexity index is 1050. The Morgan fingerprint density at radius 3 is 2.74 bits per heavy atom. The molecule has 140 valence electrons. The molecule has 0 aliphatic carbocycles. The zero-order valence-electron chi connectivity index (χ0n) is 15.4. The van der Waals surface area contributed by atoms with E-state index in [1.807, 2.05) is 56.3 Å². The molecule has 7 heteroatoms. The van der Waals surface area contributed by atoms with E-state index in [0.29, 0.717) is 21.2 Å². The molecule has 0 radical (unpaired) electrons. The van der Waals surface area contributed by atoms with E-state index in [1.165, 1.54) is 11.3 Å². The standard InChI is InChI=1S/C20H21N3O2S2/c1-12-8-9-13(2)15(10-12)23-18(21)17(27-20(23)26)19(24)22-11-14-6-4-5-7-16(14)25-3/h4-10H,11,21H2,1-3H3,(H,22,24). The molecule has 3 aromatic rings. The number of carbonyl (C=O) groups is 1. The number of thiazole rings is 1. The summed E-state index contributed by atoms with van der Waals surface area (Å²) in [5, 5.41) is 2.90. The van der Waals surface area contributed by atoms with Gasteiger partial charge in [-0.1, -0.05) is 41.7 Å². The predicted molar refractivity (Wildman–Crippen MR) is 113 cm³/mol. The minimum absolute atomic E-state index is 0.251. The number of aryl methyl sites for hydroxylation is 2.